The number of piperidine rings is 1. The summed E-state index contributed by atoms with van der Waals surface area (Å²) in [5.41, 5.74) is -0.897. The molecule has 9 nitrogen and oxygen atoms in total. The van der Waals surface area contributed by atoms with E-state index >= 15 is 0 Å². The Labute approximate surface area is 198 Å². The number of alkyl halides is 3. The highest BCUT2D eigenvalue weighted by molar-refractivity contribution is 5.57. The Kier molecular flexibility index (Phi) is 5.69. The van der Waals surface area contributed by atoms with Crippen molar-refractivity contribution in [2.45, 2.75) is 44.5 Å². The van der Waals surface area contributed by atoms with Crippen LogP contribution in [0.25, 0.3) is 5.65 Å². The monoisotopic (exact) mass is 495 g/mol. The fourth-order valence-corrected chi connectivity index (χ4v) is 5.05. The lowest BCUT2D eigenvalue weighted by Crippen LogP contribution is -2.48. The molecule has 0 aromatic carbocycles. The molecule has 2 aliphatic rings. The number of nitrogens with one attached hydrogen (secondary N) is 1. The Bertz CT molecular complexity index is 1210. The number of aliphatic hydroxyl groups is 1. The molecule has 1 aliphatic heterocycles. The summed E-state index contributed by atoms with van der Waals surface area (Å²) in [4.78, 5) is 14.1. The average molecular weight is 495 g/mol. The summed E-state index contributed by atoms with van der Waals surface area (Å²) in [7, 11) is 0. The molecule has 5 rings (SSSR count). The van der Waals surface area contributed by atoms with Gasteiger partial charge in [0.1, 0.15) is 11.9 Å². The number of hydrogen-bond acceptors (Lipinski definition) is 8. The van der Waals surface area contributed by atoms with Crippen LogP contribution in [-0.4, -0.2) is 61.6 Å². The maximum absolute atomic E-state index is 14.2. The Morgan fingerprint density at radius 3 is 2.51 bits per heavy atom. The number of halogens is 4. The van der Waals surface area contributed by atoms with Gasteiger partial charge in [-0.15, -0.1) is 5.10 Å². The molecule has 3 aromatic heterocycles. The average Bonchev–Trinajstić information content (AvgIpc) is 3.28. The van der Waals surface area contributed by atoms with Crippen molar-refractivity contribution in [1.29, 1.82) is 0 Å². The number of aromatic nitrogens is 5. The molecular formula is C22H25F4N7O2. The van der Waals surface area contributed by atoms with Gasteiger partial charge in [-0.1, -0.05) is 0 Å². The summed E-state index contributed by atoms with van der Waals surface area (Å²) in [5, 5.41) is 18.3. The number of nitrogens with zero attached hydrogens (tertiary/aromatic N) is 6. The molecule has 188 valence electrons. The Hall–Kier alpha value is -3.22. The van der Waals surface area contributed by atoms with Crippen molar-refractivity contribution in [3.63, 3.8) is 0 Å². The predicted octanol–water partition coefficient (Wildman–Crippen LogP) is 3.15. The first-order valence-electron chi connectivity index (χ1n) is 11.3. The first-order chi connectivity index (χ1) is 16.5. The van der Waals surface area contributed by atoms with Crippen LogP contribution < -0.4 is 15.0 Å². The largest absolute Gasteiger partial charge is 0.480 e. The first kappa shape index (κ1) is 23.5. The van der Waals surface area contributed by atoms with Gasteiger partial charge in [-0.2, -0.15) is 18.2 Å². The minimum absolute atomic E-state index is 0.00121. The molecule has 4 heterocycles. The van der Waals surface area contributed by atoms with Crippen LogP contribution >= 0.6 is 0 Å². The number of anilines is 2. The number of ether oxygens (including phenoxy) is 1. The van der Waals surface area contributed by atoms with Crippen molar-refractivity contribution in [3.05, 3.63) is 36.2 Å². The smallest absolute Gasteiger partial charge is 0.422 e. The van der Waals surface area contributed by atoms with Crippen molar-refractivity contribution < 1.29 is 27.4 Å². The second-order valence-corrected chi connectivity index (χ2v) is 9.58. The van der Waals surface area contributed by atoms with E-state index in [1.54, 1.807) is 13.8 Å². The lowest BCUT2D eigenvalue weighted by molar-refractivity contribution is -0.153. The van der Waals surface area contributed by atoms with Crippen LogP contribution in [0.2, 0.25) is 0 Å². The van der Waals surface area contributed by atoms with Gasteiger partial charge in [-0.05, 0) is 50.7 Å². The van der Waals surface area contributed by atoms with Crippen molar-refractivity contribution in [3.8, 4) is 5.75 Å². The molecule has 0 radical (unpaired) electrons. The molecule has 13 heteroatoms. The molecule has 2 bridgehead atoms. The third-order valence-corrected chi connectivity index (χ3v) is 6.54. The van der Waals surface area contributed by atoms with Gasteiger partial charge >= 0.3 is 6.18 Å². The molecule has 3 aromatic rings. The lowest BCUT2D eigenvalue weighted by atomic mass is 9.92. The fraction of sp³-hybridized carbons (Fsp3) is 0.545. The highest BCUT2D eigenvalue weighted by Gasteiger charge is 2.43. The van der Waals surface area contributed by atoms with Crippen molar-refractivity contribution in [1.82, 2.24) is 24.6 Å². The first-order valence-corrected chi connectivity index (χ1v) is 11.3. The minimum atomic E-state index is -4.51. The third-order valence-electron chi connectivity index (χ3n) is 6.54. The molecule has 2 N–H and O–H groups in total. The topological polar surface area (TPSA) is 101 Å². The summed E-state index contributed by atoms with van der Waals surface area (Å²) >= 11 is 0. The molecule has 35 heavy (non-hydrogen) atoms. The van der Waals surface area contributed by atoms with Gasteiger partial charge in [0.15, 0.2) is 29.6 Å². The summed E-state index contributed by atoms with van der Waals surface area (Å²) < 4.78 is 58.7. The molecule has 2 fully saturated rings. The van der Waals surface area contributed by atoms with Gasteiger partial charge in [-0.25, -0.2) is 18.9 Å². The van der Waals surface area contributed by atoms with Crippen LogP contribution in [0.5, 0.6) is 5.75 Å². The van der Waals surface area contributed by atoms with E-state index in [1.165, 1.54) is 23.0 Å². The molecular weight excluding hydrogens is 470 g/mol. The van der Waals surface area contributed by atoms with Crippen LogP contribution in [-0.2, 0) is 5.60 Å². The zero-order valence-corrected chi connectivity index (χ0v) is 19.1. The zero-order valence-electron chi connectivity index (χ0n) is 19.1. The highest BCUT2D eigenvalue weighted by Crippen LogP contribution is 2.40. The van der Waals surface area contributed by atoms with Crippen LogP contribution in [0.3, 0.4) is 0 Å². The van der Waals surface area contributed by atoms with E-state index in [2.05, 4.69) is 25.4 Å². The normalized spacial score (nSPS) is 22.6. The van der Waals surface area contributed by atoms with E-state index in [4.69, 9.17) is 4.74 Å². The van der Waals surface area contributed by atoms with Crippen LogP contribution in [0.15, 0.2) is 24.7 Å². The van der Waals surface area contributed by atoms with Crippen LogP contribution in [0, 0.1) is 17.7 Å². The van der Waals surface area contributed by atoms with E-state index < -0.39 is 24.2 Å². The molecule has 0 spiro atoms. The third kappa shape index (κ3) is 4.68. The Morgan fingerprint density at radius 1 is 1.17 bits per heavy atom. The van der Waals surface area contributed by atoms with Crippen LogP contribution in [0.4, 0.5) is 29.3 Å². The summed E-state index contributed by atoms with van der Waals surface area (Å²) in [5.74, 6) is 0.289. The maximum atomic E-state index is 14.2. The number of hydrogen-bond donors (Lipinski definition) is 2. The van der Waals surface area contributed by atoms with E-state index in [-0.39, 0.29) is 41.0 Å². The van der Waals surface area contributed by atoms with E-state index in [0.29, 0.717) is 18.8 Å². The summed E-state index contributed by atoms with van der Waals surface area (Å²) in [6.45, 7) is 2.81. The molecule has 1 unspecified atom stereocenters. The standard InChI is InChI=1S/C22H25F4N7O2/c1-21(2,34)16-6-5-15(35-10-22(24,25)26)19-30-20(31-33(16)19)29-17-12-3-4-13(17)9-32(8-12)18-14(23)7-27-11-28-18/h5-7,11-13,17,34H,3-4,8-10H2,1-2H3,(H,29,31)/t12-,13+,17?. The molecule has 0 amide bonds. The second-order valence-electron chi connectivity index (χ2n) is 9.58. The lowest BCUT2D eigenvalue weighted by Gasteiger charge is -2.38. The zero-order chi connectivity index (χ0) is 25.0. The van der Waals surface area contributed by atoms with Crippen molar-refractivity contribution in [2.75, 3.05) is 29.9 Å². The number of pyridine rings is 1. The van der Waals surface area contributed by atoms with Gasteiger partial charge in [0.2, 0.25) is 5.95 Å². The van der Waals surface area contributed by atoms with Gasteiger partial charge in [0.25, 0.3) is 0 Å². The SMILES string of the molecule is CC(C)(O)c1ccc(OCC(F)(F)F)c2nc(NC3[C@@H]4CC[C@H]3CN(c3ncncc3F)C4)nn12. The highest BCUT2D eigenvalue weighted by atomic mass is 19.4. The summed E-state index contributed by atoms with van der Waals surface area (Å²) in [6.07, 6.45) is -0.192. The Balaban J connectivity index is 1.41. The van der Waals surface area contributed by atoms with Crippen molar-refractivity contribution >= 4 is 17.4 Å². The number of rotatable bonds is 6. The van der Waals surface area contributed by atoms with E-state index in [9.17, 15) is 22.7 Å². The van der Waals surface area contributed by atoms with Gasteiger partial charge in [0.05, 0.1) is 11.9 Å². The van der Waals surface area contributed by atoms with Gasteiger partial charge < -0.3 is 20.1 Å². The van der Waals surface area contributed by atoms with Crippen LogP contribution in [0.1, 0.15) is 32.4 Å². The van der Waals surface area contributed by atoms with E-state index in [0.717, 1.165) is 19.0 Å². The van der Waals surface area contributed by atoms with Crippen molar-refractivity contribution in [2.24, 2.45) is 11.8 Å². The van der Waals surface area contributed by atoms with E-state index in [1.807, 2.05) is 4.90 Å². The number of fused-ring (bicyclic) bond motifs is 3. The Morgan fingerprint density at radius 2 is 1.89 bits per heavy atom. The van der Waals surface area contributed by atoms with Gasteiger partial charge in [-0.3, -0.25) is 0 Å². The quantitative estimate of drug-likeness (QED) is 0.503. The molecule has 1 aliphatic carbocycles. The minimum Gasteiger partial charge on any atom is -0.480 e. The molecule has 1 saturated heterocycles. The maximum Gasteiger partial charge on any atom is 0.422 e. The molecule has 1 saturated carbocycles. The predicted molar refractivity (Wildman–Crippen MR) is 118 cm³/mol. The van der Waals surface area contributed by atoms with Gasteiger partial charge in [0, 0.05) is 19.1 Å². The molecule has 3 atom stereocenters. The second kappa shape index (κ2) is 8.47. The fourth-order valence-electron chi connectivity index (χ4n) is 5.05. The summed E-state index contributed by atoms with van der Waals surface area (Å²) in [6, 6.07) is 2.82.